The zero-order valence-electron chi connectivity index (χ0n) is 19.8. The van der Waals surface area contributed by atoms with E-state index in [1.165, 1.54) is 11.1 Å². The molecule has 32 heavy (non-hydrogen) atoms. The van der Waals surface area contributed by atoms with Crippen molar-refractivity contribution in [3.63, 3.8) is 0 Å². The fourth-order valence-electron chi connectivity index (χ4n) is 3.76. The van der Waals surface area contributed by atoms with Gasteiger partial charge in [0.1, 0.15) is 0 Å². The maximum atomic E-state index is 6.14. The molecule has 1 fully saturated rings. The number of nitrogens with zero attached hydrogens (tertiary/aromatic N) is 3. The first-order valence-corrected chi connectivity index (χ1v) is 11.6. The molecule has 0 radical (unpaired) electrons. The van der Waals surface area contributed by atoms with Crippen molar-refractivity contribution in [3.8, 4) is 0 Å². The number of nitrogens with one attached hydrogen (secondary N) is 2. The minimum Gasteiger partial charge on any atom is -0.373 e. The highest BCUT2D eigenvalue weighted by Crippen LogP contribution is 2.33. The van der Waals surface area contributed by atoms with E-state index >= 15 is 0 Å². The largest absolute Gasteiger partial charge is 0.373 e. The number of halogens is 1. The molecule has 1 aromatic carbocycles. The Labute approximate surface area is 209 Å². The van der Waals surface area contributed by atoms with Crippen LogP contribution in [0.25, 0.3) is 0 Å². The third-order valence-corrected chi connectivity index (χ3v) is 5.54. The SMILES string of the molecule is CCNC(=NCC1CCCOC1c1ccc(C)cc1)NCCCc1nc(C(C)C)no1.I. The highest BCUT2D eigenvalue weighted by molar-refractivity contribution is 14.0. The number of guanidine groups is 1. The summed E-state index contributed by atoms with van der Waals surface area (Å²) in [5.74, 6) is 3.00. The average molecular weight is 556 g/mol. The van der Waals surface area contributed by atoms with E-state index in [9.17, 15) is 0 Å². The van der Waals surface area contributed by atoms with E-state index in [0.29, 0.717) is 11.8 Å². The molecule has 1 aliphatic heterocycles. The summed E-state index contributed by atoms with van der Waals surface area (Å²) in [6.45, 7) is 11.5. The zero-order chi connectivity index (χ0) is 22.1. The minimum absolute atomic E-state index is 0. The second kappa shape index (κ2) is 13.8. The highest BCUT2D eigenvalue weighted by atomic mass is 127. The quantitative estimate of drug-likeness (QED) is 0.201. The lowest BCUT2D eigenvalue weighted by Gasteiger charge is -2.31. The van der Waals surface area contributed by atoms with Crippen molar-refractivity contribution in [1.29, 1.82) is 0 Å². The third-order valence-electron chi connectivity index (χ3n) is 5.54. The smallest absolute Gasteiger partial charge is 0.226 e. The van der Waals surface area contributed by atoms with Crippen LogP contribution in [0.1, 0.15) is 74.9 Å². The van der Waals surface area contributed by atoms with Gasteiger partial charge in [-0.05, 0) is 38.7 Å². The van der Waals surface area contributed by atoms with Crippen LogP contribution in [0.3, 0.4) is 0 Å². The van der Waals surface area contributed by atoms with Crippen LogP contribution in [-0.4, -0.2) is 42.3 Å². The number of aromatic nitrogens is 2. The van der Waals surface area contributed by atoms with Crippen molar-refractivity contribution >= 4 is 29.9 Å². The average Bonchev–Trinajstić information content (AvgIpc) is 3.25. The van der Waals surface area contributed by atoms with Crippen LogP contribution in [0.15, 0.2) is 33.8 Å². The maximum absolute atomic E-state index is 6.14. The van der Waals surface area contributed by atoms with Crippen LogP contribution in [0.2, 0.25) is 0 Å². The standard InChI is InChI=1S/C24H37N5O2.HI/c1-5-25-24(26-14-6-9-21-28-23(17(2)3)29-31-21)27-16-20-8-7-15-30-22(20)19-12-10-18(4)11-13-19;/h10-13,17,20,22H,5-9,14-16H2,1-4H3,(H2,25,26,27);1H. The molecule has 3 rings (SSSR count). The van der Waals surface area contributed by atoms with E-state index in [-0.39, 0.29) is 36.0 Å². The normalized spacial score (nSPS) is 19.0. The van der Waals surface area contributed by atoms with Crippen LogP contribution in [0, 0.1) is 12.8 Å². The third kappa shape index (κ3) is 8.03. The lowest BCUT2D eigenvalue weighted by Crippen LogP contribution is -2.38. The van der Waals surface area contributed by atoms with Gasteiger partial charge < -0.3 is 19.9 Å². The van der Waals surface area contributed by atoms with Crippen molar-refractivity contribution in [2.45, 2.75) is 65.4 Å². The summed E-state index contributed by atoms with van der Waals surface area (Å²) in [6, 6.07) is 8.70. The molecule has 2 heterocycles. The number of hydrogen-bond acceptors (Lipinski definition) is 5. The van der Waals surface area contributed by atoms with Gasteiger partial charge in [0.25, 0.3) is 0 Å². The molecule has 0 bridgehead atoms. The van der Waals surface area contributed by atoms with Gasteiger partial charge in [0.15, 0.2) is 11.8 Å². The molecular weight excluding hydrogens is 517 g/mol. The van der Waals surface area contributed by atoms with Gasteiger partial charge >= 0.3 is 0 Å². The summed E-state index contributed by atoms with van der Waals surface area (Å²) in [4.78, 5) is 9.30. The molecule has 0 saturated carbocycles. The summed E-state index contributed by atoms with van der Waals surface area (Å²) in [5, 5.41) is 10.8. The van der Waals surface area contributed by atoms with Crippen LogP contribution < -0.4 is 10.6 Å². The summed E-state index contributed by atoms with van der Waals surface area (Å²) >= 11 is 0. The first-order valence-electron chi connectivity index (χ1n) is 11.6. The molecule has 7 nitrogen and oxygen atoms in total. The topological polar surface area (TPSA) is 84.6 Å². The lowest BCUT2D eigenvalue weighted by atomic mass is 9.89. The van der Waals surface area contributed by atoms with E-state index in [4.69, 9.17) is 14.3 Å². The molecule has 8 heteroatoms. The van der Waals surface area contributed by atoms with Crippen LogP contribution in [-0.2, 0) is 11.2 Å². The van der Waals surface area contributed by atoms with E-state index < -0.39 is 0 Å². The Bertz CT molecular complexity index is 822. The maximum Gasteiger partial charge on any atom is 0.226 e. The number of ether oxygens (including phenoxy) is 1. The molecule has 1 aliphatic rings. The van der Waals surface area contributed by atoms with Crippen molar-refractivity contribution in [2.24, 2.45) is 10.9 Å². The molecule has 2 unspecified atom stereocenters. The highest BCUT2D eigenvalue weighted by Gasteiger charge is 2.27. The lowest BCUT2D eigenvalue weighted by molar-refractivity contribution is -0.0250. The van der Waals surface area contributed by atoms with Crippen molar-refractivity contribution < 1.29 is 9.26 Å². The fraction of sp³-hybridized carbons (Fsp3) is 0.625. The number of aliphatic imine (C=N–C) groups is 1. The summed E-state index contributed by atoms with van der Waals surface area (Å²) < 4.78 is 11.5. The molecule has 178 valence electrons. The van der Waals surface area contributed by atoms with Gasteiger partial charge in [-0.2, -0.15) is 4.98 Å². The Balaban J connectivity index is 0.00000363. The molecule has 2 aromatic rings. The number of rotatable bonds is 9. The Morgan fingerprint density at radius 3 is 2.69 bits per heavy atom. The van der Waals surface area contributed by atoms with E-state index in [1.807, 2.05) is 0 Å². The van der Waals surface area contributed by atoms with Crippen LogP contribution in [0.4, 0.5) is 0 Å². The van der Waals surface area contributed by atoms with E-state index in [0.717, 1.165) is 63.7 Å². The van der Waals surface area contributed by atoms with Gasteiger partial charge in [-0.1, -0.05) is 48.8 Å². The zero-order valence-corrected chi connectivity index (χ0v) is 22.1. The Morgan fingerprint density at radius 2 is 2.00 bits per heavy atom. The monoisotopic (exact) mass is 555 g/mol. The Kier molecular flexibility index (Phi) is 11.4. The first-order chi connectivity index (χ1) is 15.1. The fourth-order valence-corrected chi connectivity index (χ4v) is 3.76. The van der Waals surface area contributed by atoms with Gasteiger partial charge in [-0.15, -0.1) is 24.0 Å². The van der Waals surface area contributed by atoms with Crippen LogP contribution in [0.5, 0.6) is 0 Å². The van der Waals surface area contributed by atoms with Gasteiger partial charge in [-0.3, -0.25) is 4.99 Å². The van der Waals surface area contributed by atoms with Gasteiger partial charge in [0, 0.05) is 44.5 Å². The van der Waals surface area contributed by atoms with Crippen LogP contribution >= 0.6 is 24.0 Å². The minimum atomic E-state index is 0. The second-order valence-corrected chi connectivity index (χ2v) is 8.56. The van der Waals surface area contributed by atoms with Gasteiger partial charge in [0.2, 0.25) is 5.89 Å². The predicted octanol–water partition coefficient (Wildman–Crippen LogP) is 4.78. The van der Waals surface area contributed by atoms with E-state index in [1.54, 1.807) is 0 Å². The first kappa shape index (κ1) is 26.6. The summed E-state index contributed by atoms with van der Waals surface area (Å²) in [6.07, 6.45) is 4.01. The molecule has 2 N–H and O–H groups in total. The van der Waals surface area contributed by atoms with E-state index in [2.05, 4.69) is 72.7 Å². The molecule has 2 atom stereocenters. The molecule has 0 spiro atoms. The predicted molar refractivity (Wildman–Crippen MR) is 139 cm³/mol. The Morgan fingerprint density at radius 1 is 1.22 bits per heavy atom. The summed E-state index contributed by atoms with van der Waals surface area (Å²) in [7, 11) is 0. The summed E-state index contributed by atoms with van der Waals surface area (Å²) in [5.41, 5.74) is 2.53. The van der Waals surface area contributed by atoms with Gasteiger partial charge in [0.05, 0.1) is 6.10 Å². The molecule has 1 aromatic heterocycles. The second-order valence-electron chi connectivity index (χ2n) is 8.56. The Hall–Kier alpha value is -1.68. The van der Waals surface area contributed by atoms with Crippen molar-refractivity contribution in [3.05, 3.63) is 47.1 Å². The van der Waals surface area contributed by atoms with Crippen molar-refractivity contribution in [2.75, 3.05) is 26.2 Å². The molecule has 0 aliphatic carbocycles. The number of aryl methyl sites for hydroxylation is 2. The van der Waals surface area contributed by atoms with Gasteiger partial charge in [-0.25, -0.2) is 0 Å². The molecule has 1 saturated heterocycles. The molecule has 0 amide bonds. The number of benzene rings is 1. The van der Waals surface area contributed by atoms with Crippen molar-refractivity contribution in [1.82, 2.24) is 20.8 Å². The molecular formula is C24H38IN5O2. The number of hydrogen-bond donors (Lipinski definition) is 2.